The van der Waals surface area contributed by atoms with Crippen molar-refractivity contribution in [1.82, 2.24) is 0 Å². The van der Waals surface area contributed by atoms with E-state index in [1.54, 1.807) is 0 Å². The molecule has 0 spiro atoms. The van der Waals surface area contributed by atoms with E-state index in [0.717, 1.165) is 17.9 Å². The summed E-state index contributed by atoms with van der Waals surface area (Å²) in [4.78, 5) is 0. The average molecular weight is 527 g/mol. The minimum absolute atomic E-state index is 1.01. The molecule has 66 valence electrons. The average Bonchev–Trinajstić information content (AvgIpc) is 1.53. The van der Waals surface area contributed by atoms with Crippen molar-refractivity contribution in [3.8, 4) is 0 Å². The molecule has 0 radical (unpaired) electrons. The van der Waals surface area contributed by atoms with Crippen molar-refractivity contribution in [2.75, 3.05) is 0 Å². The molecule has 0 heterocycles. The van der Waals surface area contributed by atoms with Crippen LogP contribution in [0.5, 0.6) is 0 Å². The summed E-state index contributed by atoms with van der Waals surface area (Å²) in [5.41, 5.74) is 0. The van der Waals surface area contributed by atoms with Crippen LogP contribution in [0.25, 0.3) is 0 Å². The van der Waals surface area contributed by atoms with E-state index in [-0.39, 0.29) is 0 Å². The first-order chi connectivity index (χ1) is 4.83. The molecule has 0 aromatic carbocycles. The van der Waals surface area contributed by atoms with Gasteiger partial charge in [-0.05, 0) is 0 Å². The van der Waals surface area contributed by atoms with Crippen LogP contribution in [0.4, 0.5) is 0 Å². The molecule has 0 bridgehead atoms. The van der Waals surface area contributed by atoms with E-state index in [4.69, 9.17) is 0 Å². The van der Waals surface area contributed by atoms with Gasteiger partial charge in [0.1, 0.15) is 0 Å². The Morgan fingerprint density at radius 2 is 1.27 bits per heavy atom. The van der Waals surface area contributed by atoms with Crippen LogP contribution in [0.1, 0.15) is 0 Å². The number of hydrogen-bond acceptors (Lipinski definition) is 0. The SMILES string of the molecule is C=C(Br)C[Te](Br)(Br)CC(=C)Br. The van der Waals surface area contributed by atoms with Crippen LogP contribution in [0.15, 0.2) is 22.1 Å². The van der Waals surface area contributed by atoms with Crippen molar-refractivity contribution < 1.29 is 0 Å². The summed E-state index contributed by atoms with van der Waals surface area (Å²) in [5.74, 6) is 0. The summed E-state index contributed by atoms with van der Waals surface area (Å²) in [6.07, 6.45) is 0. The fourth-order valence-electron chi connectivity index (χ4n) is 0.509. The quantitative estimate of drug-likeness (QED) is 0.450. The van der Waals surface area contributed by atoms with Crippen molar-refractivity contribution in [1.29, 1.82) is 0 Å². The molecular weight excluding hydrogens is 519 g/mol. The van der Waals surface area contributed by atoms with Gasteiger partial charge in [0.05, 0.1) is 0 Å². The predicted octanol–water partition coefficient (Wildman–Crippen LogP) is 5.04. The molecule has 11 heavy (non-hydrogen) atoms. The summed E-state index contributed by atoms with van der Waals surface area (Å²) in [6, 6.07) is 0. The van der Waals surface area contributed by atoms with E-state index in [1.165, 1.54) is 0 Å². The van der Waals surface area contributed by atoms with E-state index in [0.29, 0.717) is 0 Å². The number of allylic oxidation sites excluding steroid dienone is 2. The monoisotopic (exact) mass is 526 g/mol. The first-order valence-corrected chi connectivity index (χ1v) is 18.0. The van der Waals surface area contributed by atoms with Crippen molar-refractivity contribution in [3.05, 3.63) is 22.1 Å². The zero-order valence-corrected chi connectivity index (χ0v) is 14.4. The van der Waals surface area contributed by atoms with Crippen LogP contribution in [0.2, 0.25) is 8.94 Å². The molecule has 0 aliphatic heterocycles. The van der Waals surface area contributed by atoms with Crippen LogP contribution in [-0.4, -0.2) is 13.8 Å². The van der Waals surface area contributed by atoms with E-state index >= 15 is 0 Å². The van der Waals surface area contributed by atoms with Gasteiger partial charge in [0.2, 0.25) is 0 Å². The number of hydrogen-bond donors (Lipinski definition) is 0. The van der Waals surface area contributed by atoms with Gasteiger partial charge in [0, 0.05) is 0 Å². The van der Waals surface area contributed by atoms with E-state index < -0.39 is 13.8 Å². The van der Waals surface area contributed by atoms with Gasteiger partial charge in [-0.15, -0.1) is 0 Å². The van der Waals surface area contributed by atoms with Gasteiger partial charge in [-0.2, -0.15) is 0 Å². The second-order valence-corrected chi connectivity index (χ2v) is 32.4. The maximum absolute atomic E-state index is 3.81. The standard InChI is InChI=1S/C6H8Br4Te/c1-5(7)3-11(9,10)4-6(2)8/h1-4H2. The first kappa shape index (κ1) is 13.2. The third-order valence-corrected chi connectivity index (χ3v) is 14.1. The predicted molar refractivity (Wildman–Crippen MR) is 69.4 cm³/mol. The topological polar surface area (TPSA) is 0 Å². The van der Waals surface area contributed by atoms with Crippen molar-refractivity contribution in [2.24, 2.45) is 0 Å². The zero-order chi connectivity index (χ0) is 9.07. The molecule has 0 saturated heterocycles. The van der Waals surface area contributed by atoms with E-state index in [1.807, 2.05) is 0 Å². The van der Waals surface area contributed by atoms with Crippen LogP contribution in [-0.2, 0) is 0 Å². The van der Waals surface area contributed by atoms with Crippen LogP contribution in [0.3, 0.4) is 0 Å². The fourth-order valence-corrected chi connectivity index (χ4v) is 24.3. The molecule has 0 amide bonds. The molecule has 0 aromatic heterocycles. The van der Waals surface area contributed by atoms with Crippen LogP contribution >= 0.6 is 57.4 Å². The Kier molecular flexibility index (Phi) is 6.98. The van der Waals surface area contributed by atoms with Gasteiger partial charge in [-0.1, -0.05) is 0 Å². The molecule has 5 heteroatoms. The van der Waals surface area contributed by atoms with Gasteiger partial charge < -0.3 is 0 Å². The Labute approximate surface area is 101 Å². The Balaban J connectivity index is 3.99. The van der Waals surface area contributed by atoms with Gasteiger partial charge in [-0.25, -0.2) is 0 Å². The molecule has 0 saturated carbocycles. The van der Waals surface area contributed by atoms with Crippen molar-refractivity contribution in [2.45, 2.75) is 8.94 Å². The Morgan fingerprint density at radius 1 is 1.00 bits per heavy atom. The van der Waals surface area contributed by atoms with Gasteiger partial charge in [-0.3, -0.25) is 0 Å². The summed E-state index contributed by atoms with van der Waals surface area (Å²) in [6.45, 7) is 7.61. The molecule has 0 aliphatic carbocycles. The molecule has 0 rings (SSSR count). The zero-order valence-electron chi connectivity index (χ0n) is 5.75. The number of halogens is 4. The molecule has 0 atom stereocenters. The molecule has 0 unspecified atom stereocenters. The molecule has 0 nitrogen and oxygen atoms in total. The Hall–Kier alpha value is 2.19. The maximum atomic E-state index is 3.81. The summed E-state index contributed by atoms with van der Waals surface area (Å²) >= 11 is 12.1. The number of rotatable bonds is 4. The molecule has 0 N–H and O–H groups in total. The van der Waals surface area contributed by atoms with Crippen molar-refractivity contribution >= 4 is 71.1 Å². The Morgan fingerprint density at radius 3 is 1.45 bits per heavy atom. The van der Waals surface area contributed by atoms with Crippen molar-refractivity contribution in [3.63, 3.8) is 0 Å². The normalized spacial score (nSPS) is 12.7. The summed E-state index contributed by atoms with van der Waals surface area (Å²) in [7, 11) is 0. The first-order valence-electron chi connectivity index (χ1n) is 2.68. The summed E-state index contributed by atoms with van der Waals surface area (Å²) in [5, 5.41) is 0. The molecule has 0 aromatic rings. The molecular formula is C6H8Br4Te. The summed E-state index contributed by atoms with van der Waals surface area (Å²) < 4.78 is 4.10. The van der Waals surface area contributed by atoms with Gasteiger partial charge >= 0.3 is 102 Å². The van der Waals surface area contributed by atoms with Gasteiger partial charge in [0.25, 0.3) is 0 Å². The molecule has 0 fully saturated rings. The second kappa shape index (κ2) is 5.82. The Bertz CT molecular complexity index is 157. The van der Waals surface area contributed by atoms with Crippen LogP contribution in [0, 0.1) is 0 Å². The minimum atomic E-state index is -2.00. The van der Waals surface area contributed by atoms with Crippen LogP contribution < -0.4 is 0 Å². The molecule has 0 aliphatic rings. The third kappa shape index (κ3) is 8.52. The van der Waals surface area contributed by atoms with Gasteiger partial charge in [0.15, 0.2) is 0 Å². The third-order valence-electron chi connectivity index (χ3n) is 0.736. The van der Waals surface area contributed by atoms with E-state index in [9.17, 15) is 0 Å². The fraction of sp³-hybridized carbons (Fsp3) is 0.333. The second-order valence-electron chi connectivity index (χ2n) is 2.02. The van der Waals surface area contributed by atoms with E-state index in [2.05, 4.69) is 70.5 Å².